The fraction of sp³-hybridized carbons (Fsp3) is 0.286. The summed E-state index contributed by atoms with van der Waals surface area (Å²) in [6, 6.07) is 1.92. The molecule has 0 amide bonds. The molecule has 0 fully saturated rings. The molecule has 0 saturated carbocycles. The second-order valence-electron chi connectivity index (χ2n) is 2.50. The van der Waals surface area contributed by atoms with E-state index < -0.39 is 0 Å². The van der Waals surface area contributed by atoms with Gasteiger partial charge >= 0.3 is 0 Å². The van der Waals surface area contributed by atoms with Crippen LogP contribution in [-0.2, 0) is 7.05 Å². The van der Waals surface area contributed by atoms with Crippen LogP contribution in [-0.4, -0.2) is 20.0 Å². The molecule has 0 saturated heterocycles. The summed E-state index contributed by atoms with van der Waals surface area (Å²) in [5.74, 6) is 0. The van der Waals surface area contributed by atoms with E-state index in [9.17, 15) is 0 Å². The Morgan fingerprint density at radius 2 is 2.00 bits per heavy atom. The summed E-state index contributed by atoms with van der Waals surface area (Å²) in [6.07, 6.45) is 1.73. The first-order valence-corrected chi connectivity index (χ1v) is 3.39. The van der Waals surface area contributed by atoms with E-state index in [0.717, 1.165) is 16.7 Å². The van der Waals surface area contributed by atoms with Gasteiger partial charge in [-0.05, 0) is 13.0 Å². The van der Waals surface area contributed by atoms with Gasteiger partial charge in [-0.25, -0.2) is 0 Å². The number of aryl methyl sites for hydroxylation is 2. The van der Waals surface area contributed by atoms with Gasteiger partial charge in [0.15, 0.2) is 0 Å². The third kappa shape index (κ3) is 0.960. The van der Waals surface area contributed by atoms with E-state index in [2.05, 4.69) is 15.2 Å². The van der Waals surface area contributed by atoms with Crippen molar-refractivity contribution in [1.82, 2.24) is 20.0 Å². The summed E-state index contributed by atoms with van der Waals surface area (Å²) in [7, 11) is 1.80. The van der Waals surface area contributed by atoms with Gasteiger partial charge in [-0.15, -0.1) is 0 Å². The maximum atomic E-state index is 4.14. The lowest BCUT2D eigenvalue weighted by Gasteiger charge is -1.86. The minimum absolute atomic E-state index is 0.845. The van der Waals surface area contributed by atoms with Crippen LogP contribution in [0.2, 0.25) is 0 Å². The molecule has 11 heavy (non-hydrogen) atoms. The van der Waals surface area contributed by atoms with Gasteiger partial charge in [0.05, 0.1) is 6.20 Å². The molecule has 4 heteroatoms. The monoisotopic (exact) mass is 148 g/mol. The normalized spacial score (nSPS) is 10.7. The van der Waals surface area contributed by atoms with Gasteiger partial charge in [0.25, 0.3) is 0 Å². The van der Waals surface area contributed by atoms with Crippen molar-refractivity contribution in [1.29, 1.82) is 0 Å². The van der Waals surface area contributed by atoms with Crippen LogP contribution in [0.5, 0.6) is 0 Å². The molecule has 0 aliphatic carbocycles. The molecule has 0 bridgehead atoms. The average Bonchev–Trinajstić information content (AvgIpc) is 2.27. The molecule has 0 spiro atoms. The predicted octanol–water partition coefficient (Wildman–Crippen LogP) is 0.672. The quantitative estimate of drug-likeness (QED) is 0.551. The van der Waals surface area contributed by atoms with Crippen molar-refractivity contribution in [2.24, 2.45) is 7.05 Å². The number of hydrogen-bond acceptors (Lipinski definition) is 3. The van der Waals surface area contributed by atoms with Crippen molar-refractivity contribution in [3.8, 4) is 0 Å². The smallest absolute Gasteiger partial charge is 0.131 e. The zero-order chi connectivity index (χ0) is 7.84. The van der Waals surface area contributed by atoms with Crippen LogP contribution in [0.1, 0.15) is 5.69 Å². The fourth-order valence-electron chi connectivity index (χ4n) is 1.03. The molecule has 0 radical (unpaired) electrons. The Balaban J connectivity index is 2.82. The Morgan fingerprint density at radius 3 is 2.82 bits per heavy atom. The highest BCUT2D eigenvalue weighted by Crippen LogP contribution is 2.06. The van der Waals surface area contributed by atoms with E-state index in [-0.39, 0.29) is 0 Å². The van der Waals surface area contributed by atoms with Crippen LogP contribution in [0.15, 0.2) is 12.3 Å². The number of nitrogens with zero attached hydrogens (tertiary/aromatic N) is 4. The van der Waals surface area contributed by atoms with E-state index >= 15 is 0 Å². The van der Waals surface area contributed by atoms with Gasteiger partial charge in [-0.3, -0.25) is 4.98 Å². The van der Waals surface area contributed by atoms with Crippen LogP contribution in [0.25, 0.3) is 11.0 Å². The summed E-state index contributed by atoms with van der Waals surface area (Å²) in [5.41, 5.74) is 2.72. The lowest BCUT2D eigenvalue weighted by Crippen LogP contribution is -1.90. The Morgan fingerprint density at radius 1 is 1.27 bits per heavy atom. The highest BCUT2D eigenvalue weighted by molar-refractivity contribution is 5.72. The van der Waals surface area contributed by atoms with Crippen molar-refractivity contribution in [2.75, 3.05) is 0 Å². The summed E-state index contributed by atoms with van der Waals surface area (Å²) in [6.45, 7) is 1.94. The Kier molecular flexibility index (Phi) is 1.15. The largest absolute Gasteiger partial charge is 0.259 e. The molecule has 2 aromatic heterocycles. The SMILES string of the molecule is Cc1cc2nn(C)nc2cn1. The van der Waals surface area contributed by atoms with E-state index in [4.69, 9.17) is 0 Å². The van der Waals surface area contributed by atoms with Crippen LogP contribution < -0.4 is 0 Å². The minimum Gasteiger partial charge on any atom is -0.259 e. The van der Waals surface area contributed by atoms with E-state index in [1.165, 1.54) is 0 Å². The molecule has 2 rings (SSSR count). The first-order chi connectivity index (χ1) is 5.25. The summed E-state index contributed by atoms with van der Waals surface area (Å²) in [5, 5.41) is 8.24. The Hall–Kier alpha value is -1.45. The van der Waals surface area contributed by atoms with Gasteiger partial charge in [0.2, 0.25) is 0 Å². The lowest BCUT2D eigenvalue weighted by molar-refractivity contribution is 0.665. The number of rotatable bonds is 0. The second kappa shape index (κ2) is 2.02. The zero-order valence-electron chi connectivity index (χ0n) is 6.44. The Labute approximate surface area is 63.9 Å². The fourth-order valence-corrected chi connectivity index (χ4v) is 1.03. The maximum Gasteiger partial charge on any atom is 0.131 e. The minimum atomic E-state index is 0.845. The van der Waals surface area contributed by atoms with Crippen molar-refractivity contribution >= 4 is 11.0 Å². The van der Waals surface area contributed by atoms with Gasteiger partial charge in [0.1, 0.15) is 11.0 Å². The summed E-state index contributed by atoms with van der Waals surface area (Å²) < 4.78 is 0. The lowest BCUT2D eigenvalue weighted by atomic mass is 10.3. The van der Waals surface area contributed by atoms with Crippen molar-refractivity contribution in [3.63, 3.8) is 0 Å². The predicted molar refractivity (Wildman–Crippen MR) is 41.0 cm³/mol. The van der Waals surface area contributed by atoms with Gasteiger partial charge in [0, 0.05) is 12.7 Å². The average molecular weight is 148 g/mol. The van der Waals surface area contributed by atoms with E-state index in [0.29, 0.717) is 0 Å². The second-order valence-corrected chi connectivity index (χ2v) is 2.50. The Bertz CT molecular complexity index is 390. The molecule has 0 unspecified atom stereocenters. The van der Waals surface area contributed by atoms with Gasteiger partial charge < -0.3 is 0 Å². The highest BCUT2D eigenvalue weighted by Gasteiger charge is 1.98. The summed E-state index contributed by atoms with van der Waals surface area (Å²) >= 11 is 0. The number of hydrogen-bond donors (Lipinski definition) is 0. The third-order valence-corrected chi connectivity index (χ3v) is 1.50. The molecule has 0 atom stereocenters. The van der Waals surface area contributed by atoms with Crippen LogP contribution in [0.3, 0.4) is 0 Å². The zero-order valence-corrected chi connectivity index (χ0v) is 6.44. The molecule has 2 aromatic rings. The number of pyridine rings is 1. The highest BCUT2D eigenvalue weighted by atomic mass is 15.4. The van der Waals surface area contributed by atoms with Crippen LogP contribution in [0.4, 0.5) is 0 Å². The van der Waals surface area contributed by atoms with Crippen molar-refractivity contribution in [3.05, 3.63) is 18.0 Å². The molecule has 0 aliphatic heterocycles. The molecule has 4 nitrogen and oxygen atoms in total. The molecule has 0 aliphatic rings. The molecular weight excluding hydrogens is 140 g/mol. The molecule has 0 N–H and O–H groups in total. The maximum absolute atomic E-state index is 4.14. The topological polar surface area (TPSA) is 43.6 Å². The molecule has 56 valence electrons. The molecule has 2 heterocycles. The number of aromatic nitrogens is 4. The molecular formula is C7H8N4. The molecule has 0 aromatic carbocycles. The third-order valence-electron chi connectivity index (χ3n) is 1.50. The van der Waals surface area contributed by atoms with E-state index in [1.54, 1.807) is 18.0 Å². The van der Waals surface area contributed by atoms with Gasteiger partial charge in [-0.2, -0.15) is 15.0 Å². The van der Waals surface area contributed by atoms with E-state index in [1.807, 2.05) is 13.0 Å². The first kappa shape index (κ1) is 6.27. The number of fused-ring (bicyclic) bond motifs is 1. The van der Waals surface area contributed by atoms with Crippen molar-refractivity contribution < 1.29 is 0 Å². The van der Waals surface area contributed by atoms with Crippen LogP contribution >= 0.6 is 0 Å². The van der Waals surface area contributed by atoms with Gasteiger partial charge in [-0.1, -0.05) is 0 Å². The van der Waals surface area contributed by atoms with Crippen LogP contribution in [0, 0.1) is 6.92 Å². The standard InChI is InChI=1S/C7H8N4/c1-5-3-6-7(4-8-5)10-11(2)9-6/h3-4H,1-2H3. The summed E-state index contributed by atoms with van der Waals surface area (Å²) in [4.78, 5) is 5.65. The van der Waals surface area contributed by atoms with Crippen molar-refractivity contribution in [2.45, 2.75) is 6.92 Å². The first-order valence-electron chi connectivity index (χ1n) is 3.39.